The Balaban J connectivity index is 1.91. The second-order valence-corrected chi connectivity index (χ2v) is 4.67. The van der Waals surface area contributed by atoms with E-state index in [0.717, 1.165) is 10.9 Å². The molecule has 0 radical (unpaired) electrons. The molecule has 0 fully saturated rings. The number of furan rings is 1. The van der Waals surface area contributed by atoms with E-state index in [1.54, 1.807) is 6.07 Å². The van der Waals surface area contributed by atoms with Gasteiger partial charge in [0, 0.05) is 16.8 Å². The molecule has 100 valence electrons. The number of carbonyl (C=O) groups is 1. The quantitative estimate of drug-likeness (QED) is 0.697. The van der Waals surface area contributed by atoms with Crippen LogP contribution in [0.1, 0.15) is 15.9 Å². The van der Waals surface area contributed by atoms with Gasteiger partial charge in [-0.25, -0.2) is 0 Å². The first-order chi connectivity index (χ1) is 9.65. The van der Waals surface area contributed by atoms with Crippen molar-refractivity contribution in [3.05, 3.63) is 59.9 Å². The highest BCUT2D eigenvalue weighted by molar-refractivity contribution is 6.12. The average molecular weight is 266 g/mol. The maximum absolute atomic E-state index is 12.3. The van der Waals surface area contributed by atoms with Gasteiger partial charge in [-0.1, -0.05) is 24.3 Å². The monoisotopic (exact) mass is 266 g/mol. The zero-order valence-corrected chi connectivity index (χ0v) is 11.0. The lowest BCUT2D eigenvalue weighted by atomic mass is 10.1. The number of rotatable bonds is 2. The zero-order valence-electron chi connectivity index (χ0n) is 11.0. The van der Waals surface area contributed by atoms with E-state index < -0.39 is 0 Å². The van der Waals surface area contributed by atoms with E-state index in [1.807, 2.05) is 43.3 Å². The second-order valence-electron chi connectivity index (χ2n) is 4.67. The van der Waals surface area contributed by atoms with Crippen molar-refractivity contribution in [3.63, 3.8) is 0 Å². The summed E-state index contributed by atoms with van der Waals surface area (Å²) in [6, 6.07) is 12.9. The van der Waals surface area contributed by atoms with Crippen molar-refractivity contribution >= 4 is 28.3 Å². The van der Waals surface area contributed by atoms with Crippen molar-refractivity contribution in [1.29, 1.82) is 0 Å². The molecule has 2 aromatic carbocycles. The van der Waals surface area contributed by atoms with Gasteiger partial charge in [-0.3, -0.25) is 4.79 Å². The van der Waals surface area contributed by atoms with Crippen LogP contribution in [0, 0.1) is 6.92 Å². The summed E-state index contributed by atoms with van der Waals surface area (Å²) < 4.78 is 5.37. The Morgan fingerprint density at radius 2 is 2.00 bits per heavy atom. The third kappa shape index (κ3) is 2.12. The maximum atomic E-state index is 12.3. The van der Waals surface area contributed by atoms with Crippen LogP contribution in [0.4, 0.5) is 11.4 Å². The minimum atomic E-state index is -0.210. The van der Waals surface area contributed by atoms with E-state index in [4.69, 9.17) is 10.2 Å². The molecular weight excluding hydrogens is 252 g/mol. The van der Waals surface area contributed by atoms with E-state index in [9.17, 15) is 4.79 Å². The Hall–Kier alpha value is -2.75. The fraction of sp³-hybridized carbons (Fsp3) is 0.0625. The number of nitrogen functional groups attached to an aromatic ring is 1. The molecule has 0 saturated carbocycles. The summed E-state index contributed by atoms with van der Waals surface area (Å²) in [5.41, 5.74) is 9.35. The summed E-state index contributed by atoms with van der Waals surface area (Å²) in [6.45, 7) is 1.92. The number of hydrogen-bond donors (Lipinski definition) is 2. The van der Waals surface area contributed by atoms with Crippen molar-refractivity contribution < 1.29 is 9.21 Å². The second kappa shape index (κ2) is 4.74. The Morgan fingerprint density at radius 1 is 1.20 bits per heavy atom. The lowest BCUT2D eigenvalue weighted by Gasteiger charge is -2.06. The first kappa shape index (κ1) is 12.3. The van der Waals surface area contributed by atoms with Gasteiger partial charge in [-0.2, -0.15) is 0 Å². The molecule has 0 bridgehead atoms. The molecule has 0 saturated heterocycles. The van der Waals surface area contributed by atoms with Gasteiger partial charge in [0.2, 0.25) is 0 Å². The summed E-state index contributed by atoms with van der Waals surface area (Å²) in [4.78, 5) is 12.3. The van der Waals surface area contributed by atoms with Crippen LogP contribution in [0.2, 0.25) is 0 Å². The van der Waals surface area contributed by atoms with Gasteiger partial charge in [-0.15, -0.1) is 0 Å². The SMILES string of the molecule is Cc1ccc(NC(=O)c2coc3ccccc23)cc1N. The molecule has 3 aromatic rings. The predicted octanol–water partition coefficient (Wildman–Crippen LogP) is 3.58. The Kier molecular flexibility index (Phi) is 2.91. The zero-order chi connectivity index (χ0) is 14.1. The summed E-state index contributed by atoms with van der Waals surface area (Å²) in [5.74, 6) is -0.210. The largest absolute Gasteiger partial charge is 0.463 e. The summed E-state index contributed by atoms with van der Waals surface area (Å²) in [7, 11) is 0. The number of fused-ring (bicyclic) bond motifs is 1. The van der Waals surface area contributed by atoms with Crippen LogP contribution in [0.25, 0.3) is 11.0 Å². The third-order valence-electron chi connectivity index (χ3n) is 3.26. The standard InChI is InChI=1S/C16H14N2O2/c1-10-6-7-11(8-14(10)17)18-16(19)13-9-20-15-5-3-2-4-12(13)15/h2-9H,17H2,1H3,(H,18,19). The maximum Gasteiger partial charge on any atom is 0.259 e. The average Bonchev–Trinajstić information content (AvgIpc) is 2.87. The number of carbonyl (C=O) groups excluding carboxylic acids is 1. The Morgan fingerprint density at radius 3 is 2.80 bits per heavy atom. The molecule has 0 atom stereocenters. The number of para-hydroxylation sites is 1. The normalized spacial score (nSPS) is 10.7. The smallest absolute Gasteiger partial charge is 0.259 e. The molecule has 0 unspecified atom stereocenters. The van der Waals surface area contributed by atoms with Crippen molar-refractivity contribution in [3.8, 4) is 0 Å². The van der Waals surface area contributed by atoms with Crippen LogP contribution in [-0.4, -0.2) is 5.91 Å². The number of anilines is 2. The van der Waals surface area contributed by atoms with Gasteiger partial charge in [0.1, 0.15) is 11.8 Å². The molecule has 0 spiro atoms. The van der Waals surface area contributed by atoms with Gasteiger partial charge in [-0.05, 0) is 30.7 Å². The first-order valence-electron chi connectivity index (χ1n) is 6.29. The fourth-order valence-electron chi connectivity index (χ4n) is 2.07. The topological polar surface area (TPSA) is 68.3 Å². The van der Waals surface area contributed by atoms with Crippen LogP contribution < -0.4 is 11.1 Å². The minimum absolute atomic E-state index is 0.210. The van der Waals surface area contributed by atoms with Gasteiger partial charge < -0.3 is 15.5 Å². The number of benzene rings is 2. The number of nitrogens with two attached hydrogens (primary N) is 1. The van der Waals surface area contributed by atoms with Crippen LogP contribution in [0.15, 0.2) is 53.1 Å². The fourth-order valence-corrected chi connectivity index (χ4v) is 2.07. The van der Waals surface area contributed by atoms with E-state index in [-0.39, 0.29) is 5.91 Å². The van der Waals surface area contributed by atoms with Gasteiger partial charge in [0.05, 0.1) is 5.56 Å². The Bertz CT molecular complexity index is 790. The van der Waals surface area contributed by atoms with E-state index in [0.29, 0.717) is 22.5 Å². The molecule has 4 heteroatoms. The van der Waals surface area contributed by atoms with Crippen molar-refractivity contribution in [1.82, 2.24) is 0 Å². The highest BCUT2D eigenvalue weighted by Gasteiger charge is 2.13. The number of amides is 1. The van der Waals surface area contributed by atoms with Gasteiger partial charge in [0.25, 0.3) is 5.91 Å². The molecule has 1 amide bonds. The number of aryl methyl sites for hydroxylation is 1. The van der Waals surface area contributed by atoms with Crippen LogP contribution in [-0.2, 0) is 0 Å². The Labute approximate surface area is 116 Å². The first-order valence-corrected chi connectivity index (χ1v) is 6.29. The molecule has 0 aliphatic rings. The van der Waals surface area contributed by atoms with Gasteiger partial charge in [0.15, 0.2) is 0 Å². The molecule has 3 rings (SSSR count). The van der Waals surface area contributed by atoms with E-state index >= 15 is 0 Å². The third-order valence-corrected chi connectivity index (χ3v) is 3.26. The van der Waals surface area contributed by atoms with Crippen LogP contribution in [0.3, 0.4) is 0 Å². The molecule has 1 heterocycles. The van der Waals surface area contributed by atoms with Crippen LogP contribution >= 0.6 is 0 Å². The lowest BCUT2D eigenvalue weighted by molar-refractivity contribution is 0.102. The van der Waals surface area contributed by atoms with E-state index in [1.165, 1.54) is 6.26 Å². The highest BCUT2D eigenvalue weighted by atomic mass is 16.3. The predicted molar refractivity (Wildman–Crippen MR) is 79.8 cm³/mol. The van der Waals surface area contributed by atoms with Crippen LogP contribution in [0.5, 0.6) is 0 Å². The molecule has 20 heavy (non-hydrogen) atoms. The van der Waals surface area contributed by atoms with Gasteiger partial charge >= 0.3 is 0 Å². The van der Waals surface area contributed by atoms with Crippen molar-refractivity contribution in [2.45, 2.75) is 6.92 Å². The summed E-state index contributed by atoms with van der Waals surface area (Å²) >= 11 is 0. The minimum Gasteiger partial charge on any atom is -0.463 e. The summed E-state index contributed by atoms with van der Waals surface area (Å²) in [5, 5.41) is 3.62. The molecule has 4 nitrogen and oxygen atoms in total. The van der Waals surface area contributed by atoms with Crippen molar-refractivity contribution in [2.24, 2.45) is 0 Å². The molecule has 0 aliphatic heterocycles. The molecule has 3 N–H and O–H groups in total. The van der Waals surface area contributed by atoms with E-state index in [2.05, 4.69) is 5.32 Å². The lowest BCUT2D eigenvalue weighted by Crippen LogP contribution is -2.11. The number of nitrogens with one attached hydrogen (secondary N) is 1. The summed E-state index contributed by atoms with van der Waals surface area (Å²) in [6.07, 6.45) is 1.47. The molecular formula is C16H14N2O2. The number of hydrogen-bond acceptors (Lipinski definition) is 3. The highest BCUT2D eigenvalue weighted by Crippen LogP contribution is 2.23. The van der Waals surface area contributed by atoms with Crippen molar-refractivity contribution in [2.75, 3.05) is 11.1 Å². The molecule has 1 aromatic heterocycles. The molecule has 0 aliphatic carbocycles.